The van der Waals surface area contributed by atoms with Gasteiger partial charge >= 0.3 is 0 Å². The Bertz CT molecular complexity index is 775. The molecule has 2 aromatic carbocycles. The van der Waals surface area contributed by atoms with E-state index in [1.165, 1.54) is 11.1 Å². The number of hydrogen-bond donors (Lipinski definition) is 1. The number of hydrogen-bond acceptors (Lipinski definition) is 3. The van der Waals surface area contributed by atoms with Crippen LogP contribution in [0.3, 0.4) is 0 Å². The summed E-state index contributed by atoms with van der Waals surface area (Å²) >= 11 is 0. The van der Waals surface area contributed by atoms with Gasteiger partial charge in [0.1, 0.15) is 6.04 Å². The normalized spacial score (nSPS) is 19.6. The molecule has 0 aromatic heterocycles. The van der Waals surface area contributed by atoms with Crippen LogP contribution in [0, 0.1) is 6.92 Å². The number of nitrogen functional groups attached to an aromatic ring is 1. The van der Waals surface area contributed by atoms with Crippen molar-refractivity contribution in [1.29, 1.82) is 0 Å². The number of amides is 1. The minimum atomic E-state index is -0.0767. The van der Waals surface area contributed by atoms with Crippen molar-refractivity contribution in [2.75, 3.05) is 28.6 Å². The lowest BCUT2D eigenvalue weighted by molar-refractivity contribution is -0.118. The first-order chi connectivity index (χ1) is 11.6. The number of nitrogens with zero attached hydrogens (tertiary/aromatic N) is 2. The Hall–Kier alpha value is -2.20. The summed E-state index contributed by atoms with van der Waals surface area (Å²) in [5.74, 6) is 0.203. The van der Waals surface area contributed by atoms with E-state index in [-0.39, 0.29) is 24.4 Å². The van der Waals surface area contributed by atoms with Gasteiger partial charge in [0.15, 0.2) is 0 Å². The first kappa shape index (κ1) is 17.6. The van der Waals surface area contributed by atoms with Gasteiger partial charge in [0, 0.05) is 30.2 Å². The minimum absolute atomic E-state index is 0. The molecule has 0 spiro atoms. The van der Waals surface area contributed by atoms with Crippen LogP contribution in [0.25, 0.3) is 0 Å². The van der Waals surface area contributed by atoms with E-state index in [1.54, 1.807) is 0 Å². The fraction of sp³-hybridized carbons (Fsp3) is 0.350. The number of benzene rings is 2. The average molecular weight is 358 g/mol. The van der Waals surface area contributed by atoms with E-state index in [0.717, 1.165) is 49.4 Å². The maximum atomic E-state index is 13.0. The molecule has 0 bridgehead atoms. The van der Waals surface area contributed by atoms with E-state index in [4.69, 9.17) is 5.73 Å². The van der Waals surface area contributed by atoms with Crippen molar-refractivity contribution < 1.29 is 4.79 Å². The molecule has 2 aromatic rings. The predicted octanol–water partition coefficient (Wildman–Crippen LogP) is 3.56. The Balaban J connectivity index is 0.00000182. The van der Waals surface area contributed by atoms with E-state index in [1.807, 2.05) is 29.2 Å². The van der Waals surface area contributed by atoms with Crippen LogP contribution in [0.1, 0.15) is 24.0 Å². The first-order valence-electron chi connectivity index (χ1n) is 8.67. The van der Waals surface area contributed by atoms with Crippen molar-refractivity contribution >= 4 is 35.4 Å². The third-order valence-corrected chi connectivity index (χ3v) is 5.22. The van der Waals surface area contributed by atoms with Crippen LogP contribution in [-0.2, 0) is 11.2 Å². The number of carbonyl (C=O) groups excluding carboxylic acids is 1. The highest BCUT2D eigenvalue weighted by molar-refractivity contribution is 6.01. The van der Waals surface area contributed by atoms with Crippen LogP contribution < -0.4 is 15.5 Å². The third kappa shape index (κ3) is 3.07. The SMILES string of the molecule is Cc1ccc(N2CCC(N3CCCc4c(N)cccc43)C2=O)cc1.Cl. The lowest BCUT2D eigenvalue weighted by Gasteiger charge is -2.35. The molecule has 0 aliphatic carbocycles. The van der Waals surface area contributed by atoms with Crippen molar-refractivity contribution in [3.8, 4) is 0 Å². The van der Waals surface area contributed by atoms with E-state index in [2.05, 4.69) is 30.0 Å². The van der Waals surface area contributed by atoms with Gasteiger partial charge in [0.05, 0.1) is 0 Å². The number of anilines is 3. The fourth-order valence-corrected chi connectivity index (χ4v) is 3.94. The molecule has 2 aliphatic heterocycles. The molecule has 1 atom stereocenters. The highest BCUT2D eigenvalue weighted by Gasteiger charge is 2.38. The molecule has 1 unspecified atom stereocenters. The fourth-order valence-electron chi connectivity index (χ4n) is 3.94. The summed E-state index contributed by atoms with van der Waals surface area (Å²) in [6.45, 7) is 3.77. The van der Waals surface area contributed by atoms with E-state index in [0.29, 0.717) is 0 Å². The summed E-state index contributed by atoms with van der Waals surface area (Å²) in [5, 5.41) is 0. The highest BCUT2D eigenvalue weighted by Crippen LogP contribution is 2.35. The van der Waals surface area contributed by atoms with Gasteiger partial charge in [-0.15, -0.1) is 12.4 Å². The Kier molecular flexibility index (Phi) is 4.91. The number of nitrogens with two attached hydrogens (primary N) is 1. The second kappa shape index (κ2) is 6.96. The van der Waals surface area contributed by atoms with Gasteiger partial charge in [-0.1, -0.05) is 23.8 Å². The van der Waals surface area contributed by atoms with Crippen molar-refractivity contribution in [3.05, 3.63) is 53.6 Å². The van der Waals surface area contributed by atoms with E-state index < -0.39 is 0 Å². The summed E-state index contributed by atoms with van der Waals surface area (Å²) < 4.78 is 0. The van der Waals surface area contributed by atoms with Crippen LogP contribution in [0.2, 0.25) is 0 Å². The average Bonchev–Trinajstić information content (AvgIpc) is 2.97. The van der Waals surface area contributed by atoms with E-state index in [9.17, 15) is 4.79 Å². The van der Waals surface area contributed by atoms with Crippen LogP contribution in [0.4, 0.5) is 17.1 Å². The third-order valence-electron chi connectivity index (χ3n) is 5.22. The smallest absolute Gasteiger partial charge is 0.249 e. The molecule has 0 saturated carbocycles. The summed E-state index contributed by atoms with van der Waals surface area (Å²) in [6, 6.07) is 14.2. The second-order valence-electron chi connectivity index (χ2n) is 6.77. The molecular weight excluding hydrogens is 334 g/mol. The summed E-state index contributed by atoms with van der Waals surface area (Å²) in [7, 11) is 0. The lowest BCUT2D eigenvalue weighted by atomic mass is 9.98. The monoisotopic (exact) mass is 357 g/mol. The van der Waals surface area contributed by atoms with E-state index >= 15 is 0 Å². The van der Waals surface area contributed by atoms with Crippen LogP contribution in [0.15, 0.2) is 42.5 Å². The van der Waals surface area contributed by atoms with Gasteiger partial charge in [-0.05, 0) is 56.0 Å². The number of rotatable bonds is 2. The van der Waals surface area contributed by atoms with Crippen molar-refractivity contribution in [2.24, 2.45) is 0 Å². The first-order valence-corrected chi connectivity index (χ1v) is 8.67. The molecule has 1 fully saturated rings. The molecule has 0 radical (unpaired) electrons. The second-order valence-corrected chi connectivity index (χ2v) is 6.77. The molecule has 1 amide bonds. The Labute approximate surface area is 155 Å². The molecule has 132 valence electrons. The molecule has 5 heteroatoms. The molecule has 2 heterocycles. The van der Waals surface area contributed by atoms with Gasteiger partial charge in [0.25, 0.3) is 0 Å². The Morgan fingerprint density at radius 2 is 1.84 bits per heavy atom. The van der Waals surface area contributed by atoms with Crippen molar-refractivity contribution in [1.82, 2.24) is 0 Å². The van der Waals surface area contributed by atoms with Gasteiger partial charge in [-0.3, -0.25) is 4.79 Å². The molecule has 25 heavy (non-hydrogen) atoms. The Morgan fingerprint density at radius 1 is 1.08 bits per heavy atom. The zero-order valence-corrected chi connectivity index (χ0v) is 15.3. The molecule has 4 rings (SSSR count). The van der Waals surface area contributed by atoms with Crippen molar-refractivity contribution in [2.45, 2.75) is 32.2 Å². The highest BCUT2D eigenvalue weighted by atomic mass is 35.5. The molecular formula is C20H24ClN3O. The topological polar surface area (TPSA) is 49.6 Å². The zero-order valence-electron chi connectivity index (χ0n) is 14.4. The quantitative estimate of drug-likeness (QED) is 0.836. The maximum absolute atomic E-state index is 13.0. The van der Waals surface area contributed by atoms with Gasteiger partial charge < -0.3 is 15.5 Å². The van der Waals surface area contributed by atoms with Crippen LogP contribution >= 0.6 is 12.4 Å². The number of aryl methyl sites for hydroxylation is 1. The summed E-state index contributed by atoms with van der Waals surface area (Å²) in [5.41, 5.74) is 11.5. The maximum Gasteiger partial charge on any atom is 0.249 e. The van der Waals surface area contributed by atoms with Crippen LogP contribution in [-0.4, -0.2) is 25.0 Å². The number of carbonyl (C=O) groups is 1. The molecule has 2 N–H and O–H groups in total. The lowest BCUT2D eigenvalue weighted by Crippen LogP contribution is -2.44. The van der Waals surface area contributed by atoms with Gasteiger partial charge in [-0.25, -0.2) is 0 Å². The molecule has 2 aliphatic rings. The van der Waals surface area contributed by atoms with Crippen molar-refractivity contribution in [3.63, 3.8) is 0 Å². The van der Waals surface area contributed by atoms with Gasteiger partial charge in [0.2, 0.25) is 5.91 Å². The molecule has 4 nitrogen and oxygen atoms in total. The predicted molar refractivity (Wildman–Crippen MR) is 106 cm³/mol. The Morgan fingerprint density at radius 3 is 2.60 bits per heavy atom. The minimum Gasteiger partial charge on any atom is -0.398 e. The zero-order chi connectivity index (χ0) is 16.7. The number of halogens is 1. The van der Waals surface area contributed by atoms with Crippen LogP contribution in [0.5, 0.6) is 0 Å². The van der Waals surface area contributed by atoms with Gasteiger partial charge in [-0.2, -0.15) is 0 Å². The standard InChI is InChI=1S/C20H23N3O.ClH/c1-14-7-9-15(10-8-14)22-13-11-19(20(22)24)23-12-3-4-16-17(21)5-2-6-18(16)23;/h2,5-10,19H,3-4,11-13,21H2,1H3;1H. The largest absolute Gasteiger partial charge is 0.398 e. The summed E-state index contributed by atoms with van der Waals surface area (Å²) in [6.07, 6.45) is 2.91. The summed E-state index contributed by atoms with van der Waals surface area (Å²) in [4.78, 5) is 17.2. The number of fused-ring (bicyclic) bond motifs is 1. The molecule has 1 saturated heterocycles.